The fraction of sp³-hybridized carbons (Fsp3) is 0.429. The van der Waals surface area contributed by atoms with E-state index >= 15 is 0 Å². The first-order valence-electron chi connectivity index (χ1n) is 6.00. The molecule has 96 valence electrons. The molecule has 1 atom stereocenters. The second-order valence-electron chi connectivity index (χ2n) is 4.89. The molecule has 0 spiro atoms. The lowest BCUT2D eigenvalue weighted by Crippen LogP contribution is -2.11. The van der Waals surface area contributed by atoms with E-state index in [9.17, 15) is 14.0 Å². The Labute approximate surface area is 105 Å². The third-order valence-electron chi connectivity index (χ3n) is 3.48. The van der Waals surface area contributed by atoms with Crippen LogP contribution in [0.5, 0.6) is 0 Å². The van der Waals surface area contributed by atoms with Crippen molar-refractivity contribution in [2.45, 2.75) is 32.1 Å². The summed E-state index contributed by atoms with van der Waals surface area (Å²) >= 11 is 0. The highest BCUT2D eigenvalue weighted by molar-refractivity contribution is 5.79. The van der Waals surface area contributed by atoms with Gasteiger partial charge in [0, 0.05) is 5.56 Å². The van der Waals surface area contributed by atoms with E-state index in [1.54, 1.807) is 13.0 Å². The molecule has 0 aromatic heterocycles. The Morgan fingerprint density at radius 3 is 2.72 bits per heavy atom. The van der Waals surface area contributed by atoms with Gasteiger partial charge in [-0.05, 0) is 48.8 Å². The number of aliphatic carboxylic acids is 1. The van der Waals surface area contributed by atoms with Crippen molar-refractivity contribution in [2.75, 3.05) is 0 Å². The predicted octanol–water partition coefficient (Wildman–Crippen LogP) is 2.91. The molecule has 3 nitrogen and oxygen atoms in total. The van der Waals surface area contributed by atoms with Crippen molar-refractivity contribution in [1.29, 1.82) is 0 Å². The highest BCUT2D eigenvalue weighted by Gasteiger charge is 2.35. The van der Waals surface area contributed by atoms with Crippen molar-refractivity contribution in [1.82, 2.24) is 0 Å². The van der Waals surface area contributed by atoms with Crippen molar-refractivity contribution in [2.24, 2.45) is 5.92 Å². The highest BCUT2D eigenvalue weighted by atomic mass is 19.1. The molecule has 1 aliphatic rings. The molecule has 0 bridgehead atoms. The molecule has 2 rings (SSSR count). The maximum Gasteiger partial charge on any atom is 0.303 e. The van der Waals surface area contributed by atoms with E-state index in [0.29, 0.717) is 23.3 Å². The van der Waals surface area contributed by atoms with Crippen LogP contribution in [0, 0.1) is 18.7 Å². The van der Waals surface area contributed by atoms with Crippen molar-refractivity contribution in [3.63, 3.8) is 0 Å². The molecule has 0 heterocycles. The van der Waals surface area contributed by atoms with Crippen LogP contribution >= 0.6 is 0 Å². The Morgan fingerprint density at radius 2 is 2.22 bits per heavy atom. The quantitative estimate of drug-likeness (QED) is 0.817. The number of halogens is 1. The third kappa shape index (κ3) is 2.58. The molecule has 0 aliphatic heterocycles. The van der Waals surface area contributed by atoms with Crippen molar-refractivity contribution >= 4 is 12.3 Å². The first-order chi connectivity index (χ1) is 8.52. The molecular weight excluding hydrogens is 235 g/mol. The number of carbonyl (C=O) groups excluding carboxylic acids is 1. The summed E-state index contributed by atoms with van der Waals surface area (Å²) in [6.45, 7) is 1.62. The van der Waals surface area contributed by atoms with Crippen molar-refractivity contribution in [3.8, 4) is 0 Å². The zero-order valence-corrected chi connectivity index (χ0v) is 10.1. The number of hydrogen-bond acceptors (Lipinski definition) is 2. The number of hydrogen-bond donors (Lipinski definition) is 1. The summed E-state index contributed by atoms with van der Waals surface area (Å²) < 4.78 is 13.4. The monoisotopic (exact) mass is 250 g/mol. The molecule has 0 saturated heterocycles. The van der Waals surface area contributed by atoms with Crippen molar-refractivity contribution in [3.05, 3.63) is 34.6 Å². The van der Waals surface area contributed by atoms with Crippen LogP contribution < -0.4 is 0 Å². The molecule has 1 aromatic rings. The number of carbonyl (C=O) groups is 2. The van der Waals surface area contributed by atoms with Gasteiger partial charge in [0.1, 0.15) is 12.1 Å². The van der Waals surface area contributed by atoms with E-state index < -0.39 is 11.8 Å². The Balaban J connectivity index is 2.42. The fourth-order valence-corrected chi connectivity index (χ4v) is 2.36. The lowest BCUT2D eigenvalue weighted by Gasteiger charge is -2.17. The van der Waals surface area contributed by atoms with Gasteiger partial charge in [0.15, 0.2) is 0 Å². The highest BCUT2D eigenvalue weighted by Crippen LogP contribution is 2.45. The van der Waals surface area contributed by atoms with Gasteiger partial charge >= 0.3 is 5.97 Å². The molecule has 4 heteroatoms. The van der Waals surface area contributed by atoms with Crippen LogP contribution in [-0.4, -0.2) is 17.4 Å². The van der Waals surface area contributed by atoms with Crippen LogP contribution in [0.2, 0.25) is 0 Å². The molecule has 18 heavy (non-hydrogen) atoms. The van der Waals surface area contributed by atoms with Gasteiger partial charge in [-0.15, -0.1) is 0 Å². The normalized spacial score (nSPS) is 16.3. The lowest BCUT2D eigenvalue weighted by atomic mass is 9.87. The minimum Gasteiger partial charge on any atom is -0.481 e. The zero-order chi connectivity index (χ0) is 13.3. The van der Waals surface area contributed by atoms with Crippen LogP contribution in [0.15, 0.2) is 12.1 Å². The SMILES string of the molecule is Cc1cc(C(CC(=O)O)C2CC2)c(C=O)cc1F. The Bertz CT molecular complexity index is 492. The molecular formula is C14H15FO3. The predicted molar refractivity (Wildman–Crippen MR) is 64.2 cm³/mol. The summed E-state index contributed by atoms with van der Waals surface area (Å²) in [6.07, 6.45) is 2.56. The zero-order valence-electron chi connectivity index (χ0n) is 10.1. The Kier molecular flexibility index (Phi) is 3.45. The first-order valence-corrected chi connectivity index (χ1v) is 6.00. The summed E-state index contributed by atoms with van der Waals surface area (Å²) in [7, 11) is 0. The van der Waals surface area contributed by atoms with Gasteiger partial charge in [0.25, 0.3) is 0 Å². The van der Waals surface area contributed by atoms with Gasteiger partial charge in [-0.1, -0.05) is 6.07 Å². The number of aldehydes is 1. The second-order valence-corrected chi connectivity index (χ2v) is 4.89. The minimum atomic E-state index is -0.884. The molecule has 0 radical (unpaired) electrons. The molecule has 1 aromatic carbocycles. The molecule has 1 unspecified atom stereocenters. The van der Waals surface area contributed by atoms with Gasteiger partial charge in [-0.2, -0.15) is 0 Å². The average molecular weight is 250 g/mol. The third-order valence-corrected chi connectivity index (χ3v) is 3.48. The largest absolute Gasteiger partial charge is 0.481 e. The van der Waals surface area contributed by atoms with Crippen LogP contribution in [0.3, 0.4) is 0 Å². The minimum absolute atomic E-state index is 0.00339. The lowest BCUT2D eigenvalue weighted by molar-refractivity contribution is -0.137. The first kappa shape index (κ1) is 12.7. The Morgan fingerprint density at radius 1 is 1.56 bits per heavy atom. The van der Waals surface area contributed by atoms with Crippen LogP contribution in [0.1, 0.15) is 46.7 Å². The molecule has 1 saturated carbocycles. The van der Waals surface area contributed by atoms with E-state index in [2.05, 4.69) is 0 Å². The van der Waals surface area contributed by atoms with Gasteiger partial charge < -0.3 is 5.11 Å². The maximum absolute atomic E-state index is 13.4. The molecule has 1 fully saturated rings. The number of rotatable bonds is 5. The molecule has 1 aliphatic carbocycles. The number of aryl methyl sites for hydroxylation is 1. The topological polar surface area (TPSA) is 54.4 Å². The van der Waals surface area contributed by atoms with Gasteiger partial charge in [0.2, 0.25) is 0 Å². The van der Waals surface area contributed by atoms with Gasteiger partial charge in [-0.25, -0.2) is 4.39 Å². The summed E-state index contributed by atoms with van der Waals surface area (Å²) in [5.41, 5.74) is 1.40. The van der Waals surface area contributed by atoms with Crippen LogP contribution in [-0.2, 0) is 4.79 Å². The average Bonchev–Trinajstić information content (AvgIpc) is 3.13. The summed E-state index contributed by atoms with van der Waals surface area (Å²) in [6, 6.07) is 2.82. The van der Waals surface area contributed by atoms with Crippen LogP contribution in [0.25, 0.3) is 0 Å². The van der Waals surface area contributed by atoms with E-state index in [4.69, 9.17) is 5.11 Å². The van der Waals surface area contributed by atoms with Gasteiger partial charge in [-0.3, -0.25) is 9.59 Å². The maximum atomic E-state index is 13.4. The standard InChI is InChI=1S/C14H15FO3/c1-8-4-11(10(7-16)5-13(8)15)12(6-14(17)18)9-2-3-9/h4-5,7,9,12H,2-3,6H2,1H3,(H,17,18). The number of carboxylic acid groups (broad SMARTS) is 1. The summed E-state index contributed by atoms with van der Waals surface area (Å²) in [5, 5.41) is 8.95. The van der Waals surface area contributed by atoms with E-state index in [0.717, 1.165) is 12.8 Å². The van der Waals surface area contributed by atoms with E-state index in [1.807, 2.05) is 0 Å². The number of benzene rings is 1. The molecule has 0 amide bonds. The summed E-state index contributed by atoms with van der Waals surface area (Å²) in [5.74, 6) is -1.18. The van der Waals surface area contributed by atoms with E-state index in [1.165, 1.54) is 6.07 Å². The van der Waals surface area contributed by atoms with E-state index in [-0.39, 0.29) is 17.9 Å². The fourth-order valence-electron chi connectivity index (χ4n) is 2.36. The smallest absolute Gasteiger partial charge is 0.303 e. The van der Waals surface area contributed by atoms with Crippen molar-refractivity contribution < 1.29 is 19.1 Å². The van der Waals surface area contributed by atoms with Gasteiger partial charge in [0.05, 0.1) is 6.42 Å². The Hall–Kier alpha value is -1.71. The molecule has 1 N–H and O–H groups in total. The summed E-state index contributed by atoms with van der Waals surface area (Å²) in [4.78, 5) is 21.9. The number of carboxylic acids is 1. The van der Waals surface area contributed by atoms with Crippen LogP contribution in [0.4, 0.5) is 4.39 Å². The second kappa shape index (κ2) is 4.88.